The van der Waals surface area contributed by atoms with Crippen LogP contribution in [0.3, 0.4) is 0 Å². The molecule has 0 radical (unpaired) electrons. The number of hydrogen-bond acceptors (Lipinski definition) is 3. The first kappa shape index (κ1) is 24.7. The fourth-order valence-electron chi connectivity index (χ4n) is 7.00. The predicted octanol–water partition coefficient (Wildman–Crippen LogP) is 6.09. The summed E-state index contributed by atoms with van der Waals surface area (Å²) < 4.78 is 0. The lowest BCUT2D eigenvalue weighted by molar-refractivity contribution is 0.00361. The molecule has 0 aliphatic heterocycles. The van der Waals surface area contributed by atoms with Gasteiger partial charge in [-0.25, -0.2) is 0 Å². The van der Waals surface area contributed by atoms with Gasteiger partial charge in [0.2, 0.25) is 0 Å². The molecule has 3 nitrogen and oxygen atoms in total. The number of rotatable bonds is 6. The number of aliphatic hydroxyl groups is 3. The van der Waals surface area contributed by atoms with Crippen LogP contribution < -0.4 is 0 Å². The smallest absolute Gasteiger partial charge is 0.0814 e. The van der Waals surface area contributed by atoms with Crippen molar-refractivity contribution in [3.05, 3.63) is 35.5 Å². The Morgan fingerprint density at radius 3 is 2.61 bits per heavy atom. The number of hydrogen-bond donors (Lipinski definition) is 3. The molecule has 0 bridgehead atoms. The lowest BCUT2D eigenvalue weighted by Crippen LogP contribution is -2.37. The van der Waals surface area contributed by atoms with Gasteiger partial charge in [0.1, 0.15) is 0 Å². The van der Waals surface area contributed by atoms with Crippen LogP contribution in [0.25, 0.3) is 0 Å². The van der Waals surface area contributed by atoms with Gasteiger partial charge in [0.15, 0.2) is 0 Å². The molecule has 0 spiro atoms. The minimum absolute atomic E-state index is 0.366. The van der Waals surface area contributed by atoms with Gasteiger partial charge in [-0.1, -0.05) is 51.0 Å². The van der Waals surface area contributed by atoms with E-state index in [9.17, 15) is 15.3 Å². The molecular weight excluding hydrogens is 384 g/mol. The molecule has 0 heterocycles. The van der Waals surface area contributed by atoms with E-state index in [-0.39, 0.29) is 0 Å². The molecule has 0 aromatic heterocycles. The Morgan fingerprint density at radius 2 is 1.94 bits per heavy atom. The average molecular weight is 431 g/mol. The number of allylic oxidation sites excluding steroid dienone is 3. The Labute approximate surface area is 190 Å². The molecule has 3 aliphatic carbocycles. The van der Waals surface area contributed by atoms with Crippen molar-refractivity contribution < 1.29 is 15.3 Å². The van der Waals surface area contributed by atoms with Gasteiger partial charge >= 0.3 is 0 Å². The molecule has 3 aliphatic rings. The van der Waals surface area contributed by atoms with Crippen molar-refractivity contribution >= 4 is 0 Å². The van der Waals surface area contributed by atoms with Gasteiger partial charge in [-0.2, -0.15) is 0 Å². The molecule has 0 amide bonds. The summed E-state index contributed by atoms with van der Waals surface area (Å²) in [5, 5.41) is 30.8. The van der Waals surface area contributed by atoms with E-state index in [4.69, 9.17) is 0 Å². The second-order valence-electron chi connectivity index (χ2n) is 12.1. The van der Waals surface area contributed by atoms with Crippen molar-refractivity contribution in [1.82, 2.24) is 0 Å². The highest BCUT2D eigenvalue weighted by atomic mass is 16.3. The molecule has 6 atom stereocenters. The molecule has 31 heavy (non-hydrogen) atoms. The van der Waals surface area contributed by atoms with E-state index in [2.05, 4.69) is 32.6 Å². The fourth-order valence-corrected chi connectivity index (χ4v) is 7.00. The maximum Gasteiger partial charge on any atom is 0.0814 e. The Kier molecular flexibility index (Phi) is 7.30. The van der Waals surface area contributed by atoms with Crippen molar-refractivity contribution in [2.24, 2.45) is 23.2 Å². The molecule has 3 heteroatoms. The van der Waals surface area contributed by atoms with Crippen LogP contribution in [0.4, 0.5) is 0 Å². The summed E-state index contributed by atoms with van der Waals surface area (Å²) >= 11 is 0. The third-order valence-electron chi connectivity index (χ3n) is 8.69. The Balaban J connectivity index is 1.72. The fraction of sp³-hybridized carbons (Fsp3) is 0.786. The first-order chi connectivity index (χ1) is 14.3. The molecule has 0 saturated heterocycles. The van der Waals surface area contributed by atoms with Crippen LogP contribution in [0.2, 0.25) is 0 Å². The van der Waals surface area contributed by atoms with Gasteiger partial charge in [-0.15, -0.1) is 0 Å². The van der Waals surface area contributed by atoms with Gasteiger partial charge in [0.25, 0.3) is 0 Å². The minimum Gasteiger partial charge on any atom is -0.390 e. The Morgan fingerprint density at radius 1 is 1.23 bits per heavy atom. The monoisotopic (exact) mass is 430 g/mol. The molecule has 176 valence electrons. The van der Waals surface area contributed by atoms with E-state index in [0.29, 0.717) is 30.1 Å². The second kappa shape index (κ2) is 9.15. The van der Waals surface area contributed by atoms with E-state index in [1.54, 1.807) is 5.57 Å². The maximum atomic E-state index is 10.5. The van der Waals surface area contributed by atoms with Crippen molar-refractivity contribution in [2.45, 2.75) is 116 Å². The van der Waals surface area contributed by atoms with Gasteiger partial charge < -0.3 is 15.3 Å². The van der Waals surface area contributed by atoms with E-state index < -0.39 is 17.3 Å². The summed E-state index contributed by atoms with van der Waals surface area (Å²) in [6, 6.07) is 0. The molecule has 0 aromatic carbocycles. The van der Waals surface area contributed by atoms with Crippen molar-refractivity contribution in [3.8, 4) is 0 Å². The molecule has 3 saturated carbocycles. The van der Waals surface area contributed by atoms with Gasteiger partial charge in [0, 0.05) is 12.8 Å². The van der Waals surface area contributed by atoms with Crippen LogP contribution in [0.1, 0.15) is 98.8 Å². The highest BCUT2D eigenvalue weighted by molar-refractivity contribution is 5.39. The number of fused-ring (bicyclic) bond motifs is 1. The van der Waals surface area contributed by atoms with Crippen molar-refractivity contribution in [3.63, 3.8) is 0 Å². The van der Waals surface area contributed by atoms with Crippen molar-refractivity contribution in [1.29, 1.82) is 0 Å². The van der Waals surface area contributed by atoms with Crippen LogP contribution >= 0.6 is 0 Å². The summed E-state index contributed by atoms with van der Waals surface area (Å²) in [6.07, 6.45) is 14.2. The Hall–Kier alpha value is -0.900. The molecule has 0 unspecified atom stereocenters. The third-order valence-corrected chi connectivity index (χ3v) is 8.69. The highest BCUT2D eigenvalue weighted by Gasteiger charge is 2.50. The van der Waals surface area contributed by atoms with Crippen LogP contribution in [0, 0.1) is 23.2 Å². The van der Waals surface area contributed by atoms with Crippen molar-refractivity contribution in [2.75, 3.05) is 0 Å². The number of aliphatic hydroxyl groups excluding tert-OH is 1. The van der Waals surface area contributed by atoms with Crippen LogP contribution in [-0.4, -0.2) is 32.6 Å². The first-order valence-electron chi connectivity index (χ1n) is 12.5. The second-order valence-corrected chi connectivity index (χ2v) is 12.1. The highest BCUT2D eigenvalue weighted by Crippen LogP contribution is 2.60. The minimum atomic E-state index is -0.858. The molecule has 3 rings (SSSR count). The van der Waals surface area contributed by atoms with Crippen LogP contribution in [-0.2, 0) is 0 Å². The lowest BCUT2D eigenvalue weighted by atomic mass is 9.60. The van der Waals surface area contributed by atoms with E-state index >= 15 is 0 Å². The predicted molar refractivity (Wildman–Crippen MR) is 129 cm³/mol. The average Bonchev–Trinajstić information content (AvgIpc) is 2.99. The Bertz CT molecular complexity index is 723. The normalized spacial score (nSPS) is 40.4. The molecular formula is C28H46O3. The summed E-state index contributed by atoms with van der Waals surface area (Å²) in [5.74, 6) is 2.09. The summed E-state index contributed by atoms with van der Waals surface area (Å²) in [7, 11) is 0. The van der Waals surface area contributed by atoms with Crippen LogP contribution in [0.15, 0.2) is 35.5 Å². The first-order valence-corrected chi connectivity index (χ1v) is 12.5. The molecule has 3 fully saturated rings. The zero-order chi connectivity index (χ0) is 23.0. The maximum absolute atomic E-state index is 10.5. The SMILES string of the molecule is C=C1C(=CC=C2CCC[C@]3(C)[C@@H]([C@@H](C)CCCC(C)(C)O)CC[C@@H]23)C[C@@](C)(O)C[C@H]1O. The standard InChI is InChI=1S/C28H46O3/c1-19(9-7-15-26(3,4)30)23-13-14-24-21(10-8-16-28(23,24)6)11-12-22-17-27(5,31)18-25(29)20(22)2/h11-12,19,23-25,29-31H,2,7-10,13-18H2,1,3-6H3/t19-,23+,24-,25+,27+,28+/m0/s1. The van der Waals surface area contributed by atoms with Crippen LogP contribution in [0.5, 0.6) is 0 Å². The van der Waals surface area contributed by atoms with E-state index in [0.717, 1.165) is 36.3 Å². The molecule has 3 N–H and O–H groups in total. The van der Waals surface area contributed by atoms with Gasteiger partial charge in [0.05, 0.1) is 17.3 Å². The summed E-state index contributed by atoms with van der Waals surface area (Å²) in [6.45, 7) is 14.7. The summed E-state index contributed by atoms with van der Waals surface area (Å²) in [5.41, 5.74) is 2.27. The largest absolute Gasteiger partial charge is 0.390 e. The topological polar surface area (TPSA) is 60.7 Å². The summed E-state index contributed by atoms with van der Waals surface area (Å²) in [4.78, 5) is 0. The van der Waals surface area contributed by atoms with Gasteiger partial charge in [-0.05, 0) is 93.6 Å². The van der Waals surface area contributed by atoms with E-state index in [1.165, 1.54) is 32.1 Å². The third kappa shape index (κ3) is 5.72. The molecule has 0 aromatic rings. The van der Waals surface area contributed by atoms with Gasteiger partial charge in [-0.3, -0.25) is 0 Å². The zero-order valence-corrected chi connectivity index (χ0v) is 20.6. The zero-order valence-electron chi connectivity index (χ0n) is 20.6. The van der Waals surface area contributed by atoms with E-state index in [1.807, 2.05) is 20.8 Å². The quantitative estimate of drug-likeness (QED) is 0.477. The lowest BCUT2D eigenvalue weighted by Gasteiger charge is -2.44.